The number of fused-ring (bicyclic) bond motifs is 4. The van der Waals surface area contributed by atoms with E-state index in [4.69, 9.17) is 11.6 Å². The molecule has 0 aliphatic heterocycles. The predicted molar refractivity (Wildman–Crippen MR) is 77.2 cm³/mol. The van der Waals surface area contributed by atoms with Crippen molar-refractivity contribution >= 4 is 22.4 Å². The fourth-order valence-electron chi connectivity index (χ4n) is 2.91. The summed E-state index contributed by atoms with van der Waals surface area (Å²) in [6.07, 6.45) is 0.996. The third kappa shape index (κ3) is 1.27. The van der Waals surface area contributed by atoms with Crippen LogP contribution < -0.4 is 0 Å². The van der Waals surface area contributed by atoms with Crippen LogP contribution in [0.4, 0.5) is 0 Å². The molecule has 0 saturated carbocycles. The van der Waals surface area contributed by atoms with Crippen LogP contribution >= 0.6 is 11.6 Å². The third-order valence-electron chi connectivity index (χ3n) is 3.74. The highest BCUT2D eigenvalue weighted by atomic mass is 35.5. The molecule has 0 spiro atoms. The van der Waals surface area contributed by atoms with E-state index in [1.807, 2.05) is 6.07 Å². The van der Waals surface area contributed by atoms with Gasteiger partial charge in [-0.2, -0.15) is 0 Å². The van der Waals surface area contributed by atoms with Gasteiger partial charge >= 0.3 is 0 Å². The molecule has 3 aromatic carbocycles. The highest BCUT2D eigenvalue weighted by Crippen LogP contribution is 2.44. The molecule has 1 aliphatic rings. The first kappa shape index (κ1) is 10.2. The maximum absolute atomic E-state index is 6.61. The predicted octanol–water partition coefficient (Wildman–Crippen LogP) is 5.06. The molecule has 4 rings (SSSR count). The minimum atomic E-state index is 0.896. The van der Waals surface area contributed by atoms with Crippen LogP contribution in [0.25, 0.3) is 21.9 Å². The zero-order valence-corrected chi connectivity index (χ0v) is 10.5. The standard InChI is InChI=1S/C17H11Cl/c18-17-15-8-4-2-6-12(15)10-13-9-11-5-1-3-7-14(11)16(13)17/h1-8,10H,9H2. The minimum absolute atomic E-state index is 0.896. The molecule has 0 amide bonds. The summed E-state index contributed by atoms with van der Waals surface area (Å²) >= 11 is 6.61. The fraction of sp³-hybridized carbons (Fsp3) is 0.0588. The molecule has 0 radical (unpaired) electrons. The quantitative estimate of drug-likeness (QED) is 0.409. The van der Waals surface area contributed by atoms with Gasteiger partial charge in [-0.3, -0.25) is 0 Å². The fourth-order valence-corrected chi connectivity index (χ4v) is 3.31. The Hall–Kier alpha value is -1.79. The Bertz CT molecular complexity index is 772. The summed E-state index contributed by atoms with van der Waals surface area (Å²) in [4.78, 5) is 0. The lowest BCUT2D eigenvalue weighted by atomic mass is 10.0. The molecule has 0 unspecified atom stereocenters. The molecule has 0 N–H and O–H groups in total. The van der Waals surface area contributed by atoms with E-state index in [0.29, 0.717) is 0 Å². The van der Waals surface area contributed by atoms with Gasteiger partial charge in [-0.15, -0.1) is 0 Å². The monoisotopic (exact) mass is 250 g/mol. The van der Waals surface area contributed by atoms with E-state index >= 15 is 0 Å². The number of halogens is 1. The molecule has 3 aromatic rings. The van der Waals surface area contributed by atoms with Gasteiger partial charge in [0.15, 0.2) is 0 Å². The van der Waals surface area contributed by atoms with Gasteiger partial charge in [0.25, 0.3) is 0 Å². The molecular formula is C17H11Cl. The number of rotatable bonds is 0. The van der Waals surface area contributed by atoms with Gasteiger partial charge in [0.1, 0.15) is 0 Å². The SMILES string of the molecule is Clc1c2c(cc3ccccc13)Cc1ccccc1-2. The first-order chi connectivity index (χ1) is 8.84. The van der Waals surface area contributed by atoms with Crippen LogP contribution in [0.15, 0.2) is 54.6 Å². The average Bonchev–Trinajstić information content (AvgIpc) is 2.77. The van der Waals surface area contributed by atoms with Gasteiger partial charge in [-0.05, 0) is 28.5 Å². The second-order valence-electron chi connectivity index (χ2n) is 4.78. The van der Waals surface area contributed by atoms with Crippen molar-refractivity contribution in [3.63, 3.8) is 0 Å². The molecular weight excluding hydrogens is 240 g/mol. The summed E-state index contributed by atoms with van der Waals surface area (Å²) in [6, 6.07) is 19.1. The van der Waals surface area contributed by atoms with Gasteiger partial charge in [-0.1, -0.05) is 66.2 Å². The van der Waals surface area contributed by atoms with Crippen LogP contribution in [0.5, 0.6) is 0 Å². The van der Waals surface area contributed by atoms with E-state index in [1.165, 1.54) is 27.6 Å². The molecule has 0 fully saturated rings. The lowest BCUT2D eigenvalue weighted by Crippen LogP contribution is -1.83. The molecule has 86 valence electrons. The number of hydrogen-bond donors (Lipinski definition) is 0. The van der Waals surface area contributed by atoms with E-state index in [9.17, 15) is 0 Å². The first-order valence-corrected chi connectivity index (χ1v) is 6.51. The molecule has 0 heterocycles. The Kier molecular flexibility index (Phi) is 2.03. The van der Waals surface area contributed by atoms with Crippen molar-refractivity contribution in [3.8, 4) is 11.1 Å². The summed E-state index contributed by atoms with van der Waals surface area (Å²) < 4.78 is 0. The van der Waals surface area contributed by atoms with Gasteiger partial charge in [0.05, 0.1) is 5.02 Å². The molecule has 18 heavy (non-hydrogen) atoms. The second kappa shape index (κ2) is 3.60. The van der Waals surface area contributed by atoms with Crippen molar-refractivity contribution in [2.75, 3.05) is 0 Å². The Morgan fingerprint density at radius 3 is 2.56 bits per heavy atom. The maximum Gasteiger partial charge on any atom is 0.0565 e. The summed E-state index contributed by atoms with van der Waals surface area (Å²) in [5, 5.41) is 3.27. The molecule has 0 nitrogen and oxygen atoms in total. The summed E-state index contributed by atoms with van der Waals surface area (Å²) in [5.41, 5.74) is 5.25. The lowest BCUT2D eigenvalue weighted by molar-refractivity contribution is 1.27. The molecule has 1 heteroatoms. The smallest absolute Gasteiger partial charge is 0.0565 e. The van der Waals surface area contributed by atoms with E-state index in [0.717, 1.165) is 16.8 Å². The molecule has 0 bridgehead atoms. The van der Waals surface area contributed by atoms with Crippen LogP contribution in [0.1, 0.15) is 11.1 Å². The minimum Gasteiger partial charge on any atom is -0.0830 e. The highest BCUT2D eigenvalue weighted by Gasteiger charge is 2.21. The zero-order valence-electron chi connectivity index (χ0n) is 9.78. The van der Waals surface area contributed by atoms with Crippen molar-refractivity contribution in [3.05, 3.63) is 70.7 Å². The first-order valence-electron chi connectivity index (χ1n) is 6.13. The van der Waals surface area contributed by atoms with Gasteiger partial charge in [-0.25, -0.2) is 0 Å². The maximum atomic E-state index is 6.61. The van der Waals surface area contributed by atoms with Gasteiger partial charge in [0, 0.05) is 10.9 Å². The van der Waals surface area contributed by atoms with Crippen LogP contribution in [0.2, 0.25) is 5.02 Å². The van der Waals surface area contributed by atoms with Gasteiger partial charge < -0.3 is 0 Å². The van der Waals surface area contributed by atoms with Crippen molar-refractivity contribution in [1.82, 2.24) is 0 Å². The average molecular weight is 251 g/mol. The molecule has 0 aromatic heterocycles. The van der Waals surface area contributed by atoms with Gasteiger partial charge in [0.2, 0.25) is 0 Å². The molecule has 0 saturated heterocycles. The summed E-state index contributed by atoms with van der Waals surface area (Å²) in [5.74, 6) is 0. The number of hydrogen-bond acceptors (Lipinski definition) is 0. The van der Waals surface area contributed by atoms with Crippen LogP contribution in [0.3, 0.4) is 0 Å². The van der Waals surface area contributed by atoms with E-state index < -0.39 is 0 Å². The van der Waals surface area contributed by atoms with Crippen LogP contribution in [0, 0.1) is 0 Å². The molecule has 0 atom stereocenters. The van der Waals surface area contributed by atoms with E-state index in [1.54, 1.807) is 0 Å². The van der Waals surface area contributed by atoms with Crippen molar-refractivity contribution < 1.29 is 0 Å². The normalized spacial score (nSPS) is 12.5. The van der Waals surface area contributed by atoms with E-state index in [2.05, 4.69) is 48.5 Å². The lowest BCUT2D eigenvalue weighted by Gasteiger charge is -2.08. The van der Waals surface area contributed by atoms with Crippen molar-refractivity contribution in [2.45, 2.75) is 6.42 Å². The second-order valence-corrected chi connectivity index (χ2v) is 5.16. The van der Waals surface area contributed by atoms with E-state index in [-0.39, 0.29) is 0 Å². The Morgan fingerprint density at radius 1 is 0.833 bits per heavy atom. The van der Waals surface area contributed by atoms with Crippen molar-refractivity contribution in [2.24, 2.45) is 0 Å². The topological polar surface area (TPSA) is 0 Å². The Balaban J connectivity index is 2.14. The summed E-state index contributed by atoms with van der Waals surface area (Å²) in [7, 11) is 0. The Morgan fingerprint density at radius 2 is 1.61 bits per heavy atom. The van der Waals surface area contributed by atoms with Crippen LogP contribution in [-0.2, 0) is 6.42 Å². The Labute approximate surface area is 111 Å². The van der Waals surface area contributed by atoms with Crippen LogP contribution in [-0.4, -0.2) is 0 Å². The highest BCUT2D eigenvalue weighted by molar-refractivity contribution is 6.38. The third-order valence-corrected chi connectivity index (χ3v) is 4.13. The zero-order chi connectivity index (χ0) is 12.1. The number of benzene rings is 3. The van der Waals surface area contributed by atoms with Crippen molar-refractivity contribution in [1.29, 1.82) is 0 Å². The largest absolute Gasteiger partial charge is 0.0830 e. The summed E-state index contributed by atoms with van der Waals surface area (Å²) in [6.45, 7) is 0. The molecule has 1 aliphatic carbocycles.